The standard InChI is InChI=1S/C21H17N5O2/c22-21-23-11-15-8-9-26(12-18(15)24-21)20(27)14-6-7-17-16(10-14)19(28-25-17)13-4-2-1-3-5-13/h1-7,10-11H,8-9,12H2,(H2,22,23,24). The summed E-state index contributed by atoms with van der Waals surface area (Å²) in [5, 5.41) is 4.94. The molecule has 28 heavy (non-hydrogen) atoms. The second-order valence-electron chi connectivity index (χ2n) is 6.79. The first-order chi connectivity index (χ1) is 13.7. The fourth-order valence-electron chi connectivity index (χ4n) is 3.55. The molecule has 7 nitrogen and oxygen atoms in total. The number of hydrogen-bond donors (Lipinski definition) is 1. The molecule has 0 atom stereocenters. The van der Waals surface area contributed by atoms with Gasteiger partial charge in [-0.1, -0.05) is 35.5 Å². The molecule has 0 radical (unpaired) electrons. The van der Waals surface area contributed by atoms with Gasteiger partial charge in [0.2, 0.25) is 5.95 Å². The summed E-state index contributed by atoms with van der Waals surface area (Å²) in [6.45, 7) is 1.04. The SMILES string of the molecule is Nc1ncc2c(n1)CN(C(=O)c1ccc3noc(-c4ccccc4)c3c1)CC2. The normalized spacial score (nSPS) is 13.5. The molecule has 3 heterocycles. The van der Waals surface area contributed by atoms with E-state index in [1.807, 2.05) is 42.5 Å². The van der Waals surface area contributed by atoms with E-state index < -0.39 is 0 Å². The summed E-state index contributed by atoms with van der Waals surface area (Å²) < 4.78 is 5.54. The highest BCUT2D eigenvalue weighted by Gasteiger charge is 2.24. The number of aromatic nitrogens is 3. The highest BCUT2D eigenvalue weighted by Crippen LogP contribution is 2.30. The zero-order chi connectivity index (χ0) is 19.1. The maximum Gasteiger partial charge on any atom is 0.254 e. The molecule has 1 amide bonds. The number of nitrogens with two attached hydrogens (primary N) is 1. The van der Waals surface area contributed by atoms with Crippen molar-refractivity contribution in [3.63, 3.8) is 0 Å². The Balaban J connectivity index is 1.49. The fraction of sp³-hybridized carbons (Fsp3) is 0.143. The van der Waals surface area contributed by atoms with E-state index >= 15 is 0 Å². The van der Waals surface area contributed by atoms with Crippen LogP contribution in [0.1, 0.15) is 21.6 Å². The number of carbonyl (C=O) groups excluding carboxylic acids is 1. The molecule has 0 fully saturated rings. The van der Waals surface area contributed by atoms with E-state index in [9.17, 15) is 4.79 Å². The number of carbonyl (C=O) groups is 1. The Bertz CT molecular complexity index is 1190. The molecule has 0 aliphatic carbocycles. The van der Waals surface area contributed by atoms with Gasteiger partial charge in [-0.15, -0.1) is 0 Å². The molecule has 0 bridgehead atoms. The third kappa shape index (κ3) is 2.77. The Kier molecular flexibility index (Phi) is 3.79. The number of rotatable bonds is 2. The summed E-state index contributed by atoms with van der Waals surface area (Å²) >= 11 is 0. The minimum absolute atomic E-state index is 0.0510. The van der Waals surface area contributed by atoms with Gasteiger partial charge in [-0.05, 0) is 30.2 Å². The molecule has 4 aromatic rings. The molecule has 2 N–H and O–H groups in total. The van der Waals surface area contributed by atoms with Gasteiger partial charge in [0.1, 0.15) is 5.52 Å². The highest BCUT2D eigenvalue weighted by molar-refractivity contribution is 6.01. The summed E-state index contributed by atoms with van der Waals surface area (Å²) in [7, 11) is 0. The zero-order valence-electron chi connectivity index (χ0n) is 15.0. The van der Waals surface area contributed by atoms with Crippen molar-refractivity contribution in [3.8, 4) is 11.3 Å². The van der Waals surface area contributed by atoms with E-state index in [-0.39, 0.29) is 11.9 Å². The molecule has 1 aliphatic heterocycles. The molecule has 0 spiro atoms. The van der Waals surface area contributed by atoms with Crippen LogP contribution in [0.2, 0.25) is 0 Å². The average molecular weight is 371 g/mol. The molecule has 1 aliphatic rings. The van der Waals surface area contributed by atoms with Gasteiger partial charge in [0.25, 0.3) is 5.91 Å². The minimum Gasteiger partial charge on any atom is -0.368 e. The molecule has 5 rings (SSSR count). The number of nitrogens with zero attached hydrogens (tertiary/aromatic N) is 4. The monoisotopic (exact) mass is 371 g/mol. The number of hydrogen-bond acceptors (Lipinski definition) is 6. The van der Waals surface area contributed by atoms with Gasteiger partial charge in [0.15, 0.2) is 5.76 Å². The van der Waals surface area contributed by atoms with Crippen molar-refractivity contribution in [2.24, 2.45) is 0 Å². The third-order valence-corrected chi connectivity index (χ3v) is 5.01. The lowest BCUT2D eigenvalue weighted by atomic mass is 10.0. The van der Waals surface area contributed by atoms with Crippen molar-refractivity contribution < 1.29 is 9.32 Å². The predicted octanol–water partition coefficient (Wildman–Crippen LogP) is 3.07. The van der Waals surface area contributed by atoms with Gasteiger partial charge in [-0.3, -0.25) is 4.79 Å². The predicted molar refractivity (Wildman–Crippen MR) is 104 cm³/mol. The first kappa shape index (κ1) is 16.4. The second-order valence-corrected chi connectivity index (χ2v) is 6.79. The number of nitrogen functional groups attached to an aromatic ring is 1. The van der Waals surface area contributed by atoms with Crippen LogP contribution in [0.15, 0.2) is 59.3 Å². The molecule has 2 aromatic heterocycles. The van der Waals surface area contributed by atoms with Gasteiger partial charge < -0.3 is 15.2 Å². The first-order valence-corrected chi connectivity index (χ1v) is 9.03. The Morgan fingerprint density at radius 3 is 2.86 bits per heavy atom. The van der Waals surface area contributed by atoms with E-state index in [0.29, 0.717) is 30.8 Å². The van der Waals surface area contributed by atoms with E-state index in [1.165, 1.54) is 0 Å². The summed E-state index contributed by atoms with van der Waals surface area (Å²) in [5.74, 6) is 0.839. The van der Waals surface area contributed by atoms with Gasteiger partial charge in [0.05, 0.1) is 17.6 Å². The lowest BCUT2D eigenvalue weighted by Crippen LogP contribution is -2.36. The molecule has 0 unspecified atom stereocenters. The summed E-state index contributed by atoms with van der Waals surface area (Å²) in [6.07, 6.45) is 2.46. The van der Waals surface area contributed by atoms with Crippen LogP contribution < -0.4 is 5.73 Å². The van der Waals surface area contributed by atoms with E-state index in [1.54, 1.807) is 17.2 Å². The number of anilines is 1. The Morgan fingerprint density at radius 2 is 2.00 bits per heavy atom. The topological polar surface area (TPSA) is 98.1 Å². The second kappa shape index (κ2) is 6.45. The fourth-order valence-corrected chi connectivity index (χ4v) is 3.55. The summed E-state index contributed by atoms with van der Waals surface area (Å²) in [5.41, 5.74) is 9.79. The van der Waals surface area contributed by atoms with Crippen LogP contribution >= 0.6 is 0 Å². The van der Waals surface area contributed by atoms with Crippen LogP contribution in [-0.2, 0) is 13.0 Å². The minimum atomic E-state index is -0.0510. The Morgan fingerprint density at radius 1 is 1.14 bits per heavy atom. The maximum absolute atomic E-state index is 13.1. The maximum atomic E-state index is 13.1. The van der Waals surface area contributed by atoms with Crippen LogP contribution in [0.3, 0.4) is 0 Å². The lowest BCUT2D eigenvalue weighted by Gasteiger charge is -2.28. The van der Waals surface area contributed by atoms with Crippen LogP contribution in [0.5, 0.6) is 0 Å². The van der Waals surface area contributed by atoms with E-state index in [2.05, 4.69) is 15.1 Å². The van der Waals surface area contributed by atoms with E-state index in [0.717, 1.165) is 27.7 Å². The van der Waals surface area contributed by atoms with Crippen LogP contribution in [0.4, 0.5) is 5.95 Å². The smallest absolute Gasteiger partial charge is 0.254 e. The van der Waals surface area contributed by atoms with Gasteiger partial charge >= 0.3 is 0 Å². The highest BCUT2D eigenvalue weighted by atomic mass is 16.5. The van der Waals surface area contributed by atoms with Gasteiger partial charge in [-0.2, -0.15) is 0 Å². The van der Waals surface area contributed by atoms with Crippen molar-refractivity contribution in [1.82, 2.24) is 20.0 Å². The van der Waals surface area contributed by atoms with Crippen molar-refractivity contribution in [3.05, 3.63) is 71.5 Å². The van der Waals surface area contributed by atoms with Crippen molar-refractivity contribution >= 4 is 22.8 Å². The van der Waals surface area contributed by atoms with E-state index in [4.69, 9.17) is 10.3 Å². The lowest BCUT2D eigenvalue weighted by molar-refractivity contribution is 0.0732. The largest absolute Gasteiger partial charge is 0.368 e. The quantitative estimate of drug-likeness (QED) is 0.581. The molecule has 7 heteroatoms. The number of fused-ring (bicyclic) bond motifs is 2. The molecule has 0 saturated heterocycles. The Hall–Kier alpha value is -3.74. The van der Waals surface area contributed by atoms with Gasteiger partial charge in [-0.25, -0.2) is 9.97 Å². The zero-order valence-corrected chi connectivity index (χ0v) is 15.0. The first-order valence-electron chi connectivity index (χ1n) is 9.03. The molecule has 0 saturated carbocycles. The van der Waals surface area contributed by atoms with Crippen LogP contribution in [0, 0.1) is 0 Å². The Labute approximate surface area is 160 Å². The van der Waals surface area contributed by atoms with Gasteiger partial charge in [0, 0.05) is 23.9 Å². The van der Waals surface area contributed by atoms with Crippen molar-refractivity contribution in [1.29, 1.82) is 0 Å². The van der Waals surface area contributed by atoms with Crippen LogP contribution in [-0.4, -0.2) is 32.5 Å². The molecular weight excluding hydrogens is 354 g/mol. The summed E-state index contributed by atoms with van der Waals surface area (Å²) in [4.78, 5) is 23.2. The van der Waals surface area contributed by atoms with Crippen LogP contribution in [0.25, 0.3) is 22.2 Å². The third-order valence-electron chi connectivity index (χ3n) is 5.01. The number of amides is 1. The molecule has 2 aromatic carbocycles. The average Bonchev–Trinajstić information content (AvgIpc) is 3.16. The van der Waals surface area contributed by atoms with Crippen molar-refractivity contribution in [2.75, 3.05) is 12.3 Å². The molecule has 138 valence electrons. The molecular formula is C21H17N5O2. The van der Waals surface area contributed by atoms with Crippen molar-refractivity contribution in [2.45, 2.75) is 13.0 Å². The summed E-state index contributed by atoms with van der Waals surface area (Å²) in [6, 6.07) is 15.2. The number of benzene rings is 2.